The molecule has 0 unspecified atom stereocenters. The highest BCUT2D eigenvalue weighted by molar-refractivity contribution is 6.19. The summed E-state index contributed by atoms with van der Waals surface area (Å²) < 4.78 is 0. The fourth-order valence-electron chi connectivity index (χ4n) is 2.32. The molecule has 0 aromatic heterocycles. The van der Waals surface area contributed by atoms with Gasteiger partial charge in [0.05, 0.1) is 0 Å². The summed E-state index contributed by atoms with van der Waals surface area (Å²) in [7, 11) is 0. The Hall–Kier alpha value is -2.81. The third-order valence-corrected chi connectivity index (χ3v) is 3.29. The lowest BCUT2D eigenvalue weighted by molar-refractivity contribution is 0.319. The molecule has 98 valence electrons. The van der Waals surface area contributed by atoms with Gasteiger partial charge in [-0.25, -0.2) is 0 Å². The molecule has 0 heterocycles. The molecule has 2 N–H and O–H groups in total. The average molecular weight is 263 g/mol. The number of benzene rings is 3. The summed E-state index contributed by atoms with van der Waals surface area (Å²) in [5.41, 5.74) is 2.10. The maximum Gasteiger partial charge on any atom is 0.117 e. The minimum absolute atomic E-state index is 0.184. The van der Waals surface area contributed by atoms with Gasteiger partial charge in [0.25, 0.3) is 0 Å². The number of oxime groups is 1. The van der Waals surface area contributed by atoms with Crippen LogP contribution < -0.4 is 0 Å². The standard InChI is InChI=1S/C17H13NO2/c19-14-10-8-13(9-11-14)17(18-20)16-7-3-5-12-4-1-2-6-15(12)16/h1-11,19-20H/b18-17+. The van der Waals surface area contributed by atoms with Crippen molar-refractivity contribution < 1.29 is 10.3 Å². The molecule has 0 aliphatic heterocycles. The van der Waals surface area contributed by atoms with Gasteiger partial charge in [0.15, 0.2) is 0 Å². The highest BCUT2D eigenvalue weighted by Gasteiger charge is 2.11. The van der Waals surface area contributed by atoms with Crippen LogP contribution in [0.25, 0.3) is 10.8 Å². The third kappa shape index (κ3) is 2.10. The van der Waals surface area contributed by atoms with E-state index in [9.17, 15) is 10.3 Å². The van der Waals surface area contributed by atoms with E-state index in [2.05, 4.69) is 5.16 Å². The first-order valence-electron chi connectivity index (χ1n) is 6.29. The van der Waals surface area contributed by atoms with Crippen LogP contribution in [0.1, 0.15) is 11.1 Å². The van der Waals surface area contributed by atoms with Crippen LogP contribution in [0.4, 0.5) is 0 Å². The predicted octanol–water partition coefficient (Wildman–Crippen LogP) is 3.77. The zero-order valence-corrected chi connectivity index (χ0v) is 10.7. The Morgan fingerprint density at radius 3 is 2.25 bits per heavy atom. The van der Waals surface area contributed by atoms with E-state index in [1.165, 1.54) is 0 Å². The van der Waals surface area contributed by atoms with Crippen LogP contribution in [0.2, 0.25) is 0 Å². The van der Waals surface area contributed by atoms with Crippen LogP contribution in [0.5, 0.6) is 5.75 Å². The van der Waals surface area contributed by atoms with Gasteiger partial charge in [0.1, 0.15) is 11.5 Å². The predicted molar refractivity (Wildman–Crippen MR) is 79.5 cm³/mol. The fourth-order valence-corrected chi connectivity index (χ4v) is 2.32. The molecule has 0 amide bonds. The van der Waals surface area contributed by atoms with Gasteiger partial charge in [0.2, 0.25) is 0 Å². The van der Waals surface area contributed by atoms with Crippen molar-refractivity contribution in [3.05, 3.63) is 77.9 Å². The lowest BCUT2D eigenvalue weighted by Crippen LogP contribution is -2.03. The van der Waals surface area contributed by atoms with E-state index < -0.39 is 0 Å². The highest BCUT2D eigenvalue weighted by Crippen LogP contribution is 2.22. The summed E-state index contributed by atoms with van der Waals surface area (Å²) in [6, 6.07) is 20.4. The van der Waals surface area contributed by atoms with Crippen LogP contribution in [-0.4, -0.2) is 16.0 Å². The minimum atomic E-state index is 0.184. The molecule has 3 nitrogen and oxygen atoms in total. The first kappa shape index (κ1) is 12.2. The molecule has 0 fully saturated rings. The normalized spacial score (nSPS) is 11.7. The molecule has 20 heavy (non-hydrogen) atoms. The van der Waals surface area contributed by atoms with Gasteiger partial charge in [-0.05, 0) is 35.0 Å². The number of phenolic OH excluding ortho intramolecular Hbond substituents is 1. The zero-order chi connectivity index (χ0) is 13.9. The maximum absolute atomic E-state index is 9.39. The van der Waals surface area contributed by atoms with E-state index in [1.807, 2.05) is 42.5 Å². The zero-order valence-electron chi connectivity index (χ0n) is 10.7. The van der Waals surface area contributed by atoms with E-state index in [-0.39, 0.29) is 5.75 Å². The smallest absolute Gasteiger partial charge is 0.117 e. The molecule has 3 aromatic carbocycles. The Kier molecular flexibility index (Phi) is 3.09. The molecule has 0 radical (unpaired) electrons. The number of phenols is 1. The second-order valence-corrected chi connectivity index (χ2v) is 4.52. The van der Waals surface area contributed by atoms with Gasteiger partial charge in [-0.1, -0.05) is 47.6 Å². The SMILES string of the molecule is O/N=C(\c1ccc(O)cc1)c1cccc2ccccc12. The number of aromatic hydroxyl groups is 1. The molecular formula is C17H13NO2. The van der Waals surface area contributed by atoms with Crippen molar-refractivity contribution >= 4 is 16.5 Å². The van der Waals surface area contributed by atoms with Gasteiger partial charge < -0.3 is 10.3 Å². The van der Waals surface area contributed by atoms with E-state index in [1.54, 1.807) is 24.3 Å². The maximum atomic E-state index is 9.39. The van der Waals surface area contributed by atoms with Crippen LogP contribution in [0.15, 0.2) is 71.9 Å². The molecule has 0 aliphatic carbocycles. The number of nitrogens with zero attached hydrogens (tertiary/aromatic N) is 1. The lowest BCUT2D eigenvalue weighted by atomic mass is 9.96. The van der Waals surface area contributed by atoms with Crippen LogP contribution in [0.3, 0.4) is 0 Å². The van der Waals surface area contributed by atoms with Gasteiger partial charge in [0, 0.05) is 11.1 Å². The monoisotopic (exact) mass is 263 g/mol. The summed E-state index contributed by atoms with van der Waals surface area (Å²) >= 11 is 0. The summed E-state index contributed by atoms with van der Waals surface area (Å²) in [6.45, 7) is 0. The van der Waals surface area contributed by atoms with Crippen molar-refractivity contribution in [1.29, 1.82) is 0 Å². The molecule has 0 saturated heterocycles. The van der Waals surface area contributed by atoms with Crippen molar-refractivity contribution in [2.24, 2.45) is 5.16 Å². The molecule has 3 aromatic rings. The van der Waals surface area contributed by atoms with Crippen molar-refractivity contribution in [3.63, 3.8) is 0 Å². The Morgan fingerprint density at radius 2 is 1.50 bits per heavy atom. The van der Waals surface area contributed by atoms with Gasteiger partial charge in [-0.3, -0.25) is 0 Å². The molecule has 0 spiro atoms. The number of hydrogen-bond donors (Lipinski definition) is 2. The first-order valence-corrected chi connectivity index (χ1v) is 6.29. The molecule has 0 atom stereocenters. The Bertz CT molecular complexity index is 771. The van der Waals surface area contributed by atoms with Crippen LogP contribution in [0, 0.1) is 0 Å². The van der Waals surface area contributed by atoms with Crippen molar-refractivity contribution in [3.8, 4) is 5.75 Å². The molecule has 0 saturated carbocycles. The number of fused-ring (bicyclic) bond motifs is 1. The topological polar surface area (TPSA) is 52.8 Å². The summed E-state index contributed by atoms with van der Waals surface area (Å²) in [5.74, 6) is 0.184. The van der Waals surface area contributed by atoms with Gasteiger partial charge in [-0.15, -0.1) is 0 Å². The average Bonchev–Trinajstić information content (AvgIpc) is 2.50. The molecule has 0 bridgehead atoms. The minimum Gasteiger partial charge on any atom is -0.508 e. The van der Waals surface area contributed by atoms with Crippen LogP contribution >= 0.6 is 0 Å². The highest BCUT2D eigenvalue weighted by atomic mass is 16.4. The molecule has 0 aliphatic rings. The Morgan fingerprint density at radius 1 is 0.800 bits per heavy atom. The summed E-state index contributed by atoms with van der Waals surface area (Å²) in [5, 5.41) is 24.3. The second kappa shape index (κ2) is 5.05. The second-order valence-electron chi connectivity index (χ2n) is 4.52. The number of hydrogen-bond acceptors (Lipinski definition) is 3. The third-order valence-electron chi connectivity index (χ3n) is 3.29. The number of rotatable bonds is 2. The van der Waals surface area contributed by atoms with E-state index in [0.717, 1.165) is 21.9 Å². The van der Waals surface area contributed by atoms with Gasteiger partial charge >= 0.3 is 0 Å². The van der Waals surface area contributed by atoms with Crippen molar-refractivity contribution in [2.75, 3.05) is 0 Å². The molecule has 3 heteroatoms. The summed E-state index contributed by atoms with van der Waals surface area (Å²) in [6.07, 6.45) is 0. The lowest BCUT2D eigenvalue weighted by Gasteiger charge is -2.09. The van der Waals surface area contributed by atoms with E-state index in [0.29, 0.717) is 5.71 Å². The molecule has 3 rings (SSSR count). The Labute approximate surface area is 116 Å². The largest absolute Gasteiger partial charge is 0.508 e. The first-order chi connectivity index (χ1) is 9.79. The van der Waals surface area contributed by atoms with Gasteiger partial charge in [-0.2, -0.15) is 0 Å². The quantitative estimate of drug-likeness (QED) is 0.420. The van der Waals surface area contributed by atoms with Crippen molar-refractivity contribution in [1.82, 2.24) is 0 Å². The van der Waals surface area contributed by atoms with Crippen molar-refractivity contribution in [2.45, 2.75) is 0 Å². The Balaban J connectivity index is 2.20. The molecular weight excluding hydrogens is 250 g/mol. The van der Waals surface area contributed by atoms with E-state index in [4.69, 9.17) is 0 Å². The fraction of sp³-hybridized carbons (Fsp3) is 0. The van der Waals surface area contributed by atoms with E-state index >= 15 is 0 Å². The summed E-state index contributed by atoms with van der Waals surface area (Å²) in [4.78, 5) is 0. The van der Waals surface area contributed by atoms with Crippen LogP contribution in [-0.2, 0) is 0 Å².